The zero-order valence-corrected chi connectivity index (χ0v) is 20.4. The van der Waals surface area contributed by atoms with Crippen LogP contribution >= 0.6 is 0 Å². The van der Waals surface area contributed by atoms with Crippen molar-refractivity contribution in [2.24, 2.45) is 5.92 Å². The maximum Gasteiger partial charge on any atom is 0.321 e. The molecule has 10 heteroatoms. The molecule has 1 aliphatic rings. The molecule has 2 unspecified atom stereocenters. The molecule has 2 atom stereocenters. The molecule has 2 aromatic carbocycles. The molecule has 186 valence electrons. The highest BCUT2D eigenvalue weighted by Crippen LogP contribution is 2.48. The number of esters is 1. The van der Waals surface area contributed by atoms with Crippen molar-refractivity contribution in [3.05, 3.63) is 42.0 Å². The van der Waals surface area contributed by atoms with Gasteiger partial charge in [-0.2, -0.15) is 0 Å². The predicted molar refractivity (Wildman–Crippen MR) is 128 cm³/mol. The average Bonchev–Trinajstić information content (AvgIpc) is 3.25. The second-order valence-electron chi connectivity index (χ2n) is 7.85. The number of imidazole rings is 1. The van der Waals surface area contributed by atoms with Crippen LogP contribution in [-0.4, -0.2) is 69.6 Å². The Balaban J connectivity index is 2.05. The van der Waals surface area contributed by atoms with Gasteiger partial charge in [-0.1, -0.05) is 12.1 Å². The van der Waals surface area contributed by atoms with Gasteiger partial charge in [-0.3, -0.25) is 14.5 Å². The van der Waals surface area contributed by atoms with E-state index in [1.165, 1.54) is 26.2 Å². The Labute approximate surface area is 203 Å². The first kappa shape index (κ1) is 24.3. The lowest BCUT2D eigenvalue weighted by molar-refractivity contribution is -0.153. The summed E-state index contributed by atoms with van der Waals surface area (Å²) < 4.78 is 29.3. The van der Waals surface area contributed by atoms with Crippen LogP contribution in [0.4, 0.5) is 5.95 Å². The number of rotatable bonds is 9. The number of anilines is 1. The largest absolute Gasteiger partial charge is 0.493 e. The van der Waals surface area contributed by atoms with Crippen LogP contribution in [0.15, 0.2) is 36.4 Å². The summed E-state index contributed by atoms with van der Waals surface area (Å²) in [4.78, 5) is 33.4. The number of aromatic nitrogens is 2. The molecule has 0 radical (unpaired) electrons. The van der Waals surface area contributed by atoms with Gasteiger partial charge in [0.25, 0.3) is 0 Å². The van der Waals surface area contributed by atoms with E-state index in [9.17, 15) is 9.59 Å². The van der Waals surface area contributed by atoms with Crippen molar-refractivity contribution in [1.29, 1.82) is 0 Å². The van der Waals surface area contributed by atoms with Gasteiger partial charge in [-0.05, 0) is 31.2 Å². The maximum atomic E-state index is 13.9. The monoisotopic (exact) mass is 483 g/mol. The van der Waals surface area contributed by atoms with Crippen LogP contribution < -0.4 is 19.1 Å². The molecule has 4 rings (SSSR count). The number of hydrogen-bond acceptors (Lipinski definition) is 8. The second kappa shape index (κ2) is 10.2. The van der Waals surface area contributed by atoms with Crippen LogP contribution in [0.1, 0.15) is 18.5 Å². The van der Waals surface area contributed by atoms with Crippen molar-refractivity contribution in [3.8, 4) is 17.2 Å². The number of fused-ring (bicyclic) bond motifs is 3. The van der Waals surface area contributed by atoms with Gasteiger partial charge in [0.2, 0.25) is 17.6 Å². The van der Waals surface area contributed by atoms with Crippen LogP contribution in [-0.2, 0) is 19.1 Å². The summed E-state index contributed by atoms with van der Waals surface area (Å²) in [5.41, 5.74) is 2.01. The first-order valence-corrected chi connectivity index (χ1v) is 11.2. The van der Waals surface area contributed by atoms with Crippen molar-refractivity contribution in [3.63, 3.8) is 0 Å². The lowest BCUT2D eigenvalue weighted by Gasteiger charge is -2.38. The fourth-order valence-corrected chi connectivity index (χ4v) is 4.58. The van der Waals surface area contributed by atoms with Crippen LogP contribution in [0.25, 0.3) is 11.0 Å². The normalized spacial score (nSPS) is 17.3. The van der Waals surface area contributed by atoms with Gasteiger partial charge in [-0.25, -0.2) is 4.98 Å². The third-order valence-electron chi connectivity index (χ3n) is 6.06. The predicted octanol–water partition coefficient (Wildman–Crippen LogP) is 2.82. The van der Waals surface area contributed by atoms with Gasteiger partial charge < -0.3 is 28.3 Å². The van der Waals surface area contributed by atoms with Gasteiger partial charge in [0, 0.05) is 12.7 Å². The van der Waals surface area contributed by atoms with Crippen molar-refractivity contribution >= 4 is 28.9 Å². The third-order valence-corrected chi connectivity index (χ3v) is 6.06. The summed E-state index contributed by atoms with van der Waals surface area (Å²) in [6.45, 7) is 2.34. The van der Waals surface area contributed by atoms with Gasteiger partial charge in [0.1, 0.15) is 0 Å². The van der Waals surface area contributed by atoms with E-state index in [1.54, 1.807) is 26.2 Å². The SMILES string of the molecule is CCOC(=O)C1C(=O)N(CCOC)c2nc3ccccc3n2C1c1ccc(OC)c(OC)c1OC. The van der Waals surface area contributed by atoms with Gasteiger partial charge in [0.15, 0.2) is 17.4 Å². The van der Waals surface area contributed by atoms with Crippen molar-refractivity contribution < 1.29 is 33.3 Å². The molecule has 1 amide bonds. The summed E-state index contributed by atoms with van der Waals surface area (Å²) in [6.07, 6.45) is 0. The number of methoxy groups -OCH3 is 4. The number of benzene rings is 2. The van der Waals surface area contributed by atoms with Gasteiger partial charge in [-0.15, -0.1) is 0 Å². The fraction of sp³-hybridized carbons (Fsp3) is 0.400. The summed E-state index contributed by atoms with van der Waals surface area (Å²) >= 11 is 0. The highest BCUT2D eigenvalue weighted by molar-refractivity contribution is 6.08. The van der Waals surface area contributed by atoms with E-state index in [2.05, 4.69) is 0 Å². The molecule has 10 nitrogen and oxygen atoms in total. The van der Waals surface area contributed by atoms with E-state index in [0.717, 1.165) is 5.52 Å². The first-order valence-electron chi connectivity index (χ1n) is 11.2. The van der Waals surface area contributed by atoms with Crippen LogP contribution in [0.2, 0.25) is 0 Å². The minimum absolute atomic E-state index is 0.133. The molecule has 3 aromatic rings. The zero-order valence-electron chi connectivity index (χ0n) is 20.4. The first-order chi connectivity index (χ1) is 17.0. The van der Waals surface area contributed by atoms with E-state index in [0.29, 0.717) is 34.3 Å². The number of para-hydroxylation sites is 2. The Morgan fingerprint density at radius 2 is 1.74 bits per heavy atom. The zero-order chi connectivity index (χ0) is 25.1. The topological polar surface area (TPSA) is 101 Å². The lowest BCUT2D eigenvalue weighted by Crippen LogP contribution is -2.51. The molecule has 0 bridgehead atoms. The summed E-state index contributed by atoms with van der Waals surface area (Å²) in [6, 6.07) is 10.2. The number of carbonyl (C=O) groups excluding carboxylic acids is 2. The lowest BCUT2D eigenvalue weighted by atomic mass is 9.88. The molecule has 0 fully saturated rings. The number of amides is 1. The minimum Gasteiger partial charge on any atom is -0.493 e. The third kappa shape index (κ3) is 4.03. The van der Waals surface area contributed by atoms with Crippen LogP contribution in [0.3, 0.4) is 0 Å². The summed E-state index contributed by atoms with van der Waals surface area (Å²) in [7, 11) is 6.08. The Morgan fingerprint density at radius 3 is 2.40 bits per heavy atom. The molecular weight excluding hydrogens is 454 g/mol. The number of nitrogens with zero attached hydrogens (tertiary/aromatic N) is 3. The number of carbonyl (C=O) groups is 2. The number of ether oxygens (including phenoxy) is 5. The summed E-state index contributed by atoms with van der Waals surface area (Å²) in [5.74, 6) is -0.668. The molecule has 0 saturated carbocycles. The van der Waals surface area contributed by atoms with Gasteiger partial charge in [0.05, 0.1) is 58.2 Å². The molecule has 0 saturated heterocycles. The van der Waals surface area contributed by atoms with E-state index in [-0.39, 0.29) is 19.8 Å². The summed E-state index contributed by atoms with van der Waals surface area (Å²) in [5, 5.41) is 0. The Bertz CT molecular complexity index is 1240. The highest BCUT2D eigenvalue weighted by atomic mass is 16.5. The Morgan fingerprint density at radius 1 is 1.00 bits per heavy atom. The maximum absolute atomic E-state index is 13.9. The molecular formula is C25H29N3O7. The molecule has 1 aliphatic heterocycles. The smallest absolute Gasteiger partial charge is 0.321 e. The van der Waals surface area contributed by atoms with Crippen LogP contribution in [0, 0.1) is 5.92 Å². The van der Waals surface area contributed by atoms with Crippen LogP contribution in [0.5, 0.6) is 17.2 Å². The van der Waals surface area contributed by atoms with Gasteiger partial charge >= 0.3 is 5.97 Å². The highest BCUT2D eigenvalue weighted by Gasteiger charge is 2.49. The quantitative estimate of drug-likeness (QED) is 0.338. The molecule has 35 heavy (non-hydrogen) atoms. The van der Waals surface area contributed by atoms with Crippen molar-refractivity contribution in [2.45, 2.75) is 13.0 Å². The van der Waals surface area contributed by atoms with E-state index in [4.69, 9.17) is 28.7 Å². The fourth-order valence-electron chi connectivity index (χ4n) is 4.58. The molecule has 2 heterocycles. The Hall–Kier alpha value is -3.79. The van der Waals surface area contributed by atoms with E-state index in [1.807, 2.05) is 28.8 Å². The number of hydrogen-bond donors (Lipinski definition) is 0. The molecule has 1 aromatic heterocycles. The standard InChI is InChI=1S/C25H29N3O7/c1-6-35-24(30)19-20(15-11-12-18(32-3)22(34-5)21(15)33-4)28-17-10-8-7-9-16(17)26-25(28)27(23(19)29)13-14-31-2/h7-12,19-20H,6,13-14H2,1-5H3. The molecule has 0 aliphatic carbocycles. The minimum atomic E-state index is -1.19. The van der Waals surface area contributed by atoms with E-state index < -0.39 is 23.8 Å². The van der Waals surface area contributed by atoms with E-state index >= 15 is 0 Å². The molecule has 0 N–H and O–H groups in total. The average molecular weight is 484 g/mol. The van der Waals surface area contributed by atoms with Crippen molar-refractivity contribution in [2.75, 3.05) is 53.1 Å². The Kier molecular flexibility index (Phi) is 7.11. The van der Waals surface area contributed by atoms with Crippen molar-refractivity contribution in [1.82, 2.24) is 9.55 Å². The molecule has 0 spiro atoms. The second-order valence-corrected chi connectivity index (χ2v) is 7.85.